The average Bonchev–Trinajstić information content (AvgIpc) is 3.37. The Morgan fingerprint density at radius 1 is 1.09 bits per heavy atom. The zero-order valence-electron chi connectivity index (χ0n) is 17.1. The maximum Gasteiger partial charge on any atom is 0.417 e. The Kier molecular flexibility index (Phi) is 4.83. The van der Waals surface area contributed by atoms with Crippen LogP contribution in [0.5, 0.6) is 0 Å². The quantitative estimate of drug-likeness (QED) is 0.520. The highest BCUT2D eigenvalue weighted by atomic mass is 19.4. The van der Waals surface area contributed by atoms with E-state index < -0.39 is 11.7 Å². The topological polar surface area (TPSA) is 62.2 Å². The van der Waals surface area contributed by atoms with Gasteiger partial charge in [0.25, 0.3) is 0 Å². The summed E-state index contributed by atoms with van der Waals surface area (Å²) >= 11 is 0. The Hall–Kier alpha value is -3.49. The number of hydrogen-bond donors (Lipinski definition) is 2. The molecule has 32 heavy (non-hydrogen) atoms. The summed E-state index contributed by atoms with van der Waals surface area (Å²) in [6.07, 6.45) is -3.20. The van der Waals surface area contributed by atoms with Crippen molar-refractivity contribution in [3.63, 3.8) is 0 Å². The third-order valence-electron chi connectivity index (χ3n) is 5.69. The summed E-state index contributed by atoms with van der Waals surface area (Å²) in [5.74, 6) is 0.884. The van der Waals surface area contributed by atoms with Gasteiger partial charge < -0.3 is 10.6 Å². The van der Waals surface area contributed by atoms with Gasteiger partial charge in [0.1, 0.15) is 23.3 Å². The molecule has 2 aliphatic rings. The van der Waals surface area contributed by atoms with Crippen LogP contribution in [0.3, 0.4) is 0 Å². The van der Waals surface area contributed by atoms with E-state index in [2.05, 4.69) is 25.6 Å². The molecule has 1 atom stereocenters. The number of aromatic nitrogens is 2. The Balaban J connectivity index is 1.61. The van der Waals surface area contributed by atoms with Crippen LogP contribution in [-0.4, -0.2) is 22.3 Å². The number of amidine groups is 1. The molecule has 3 aromatic rings. The number of hydrogen-bond acceptors (Lipinski definition) is 5. The van der Waals surface area contributed by atoms with Crippen molar-refractivity contribution in [1.29, 1.82) is 0 Å². The molecule has 5 nitrogen and oxygen atoms in total. The number of rotatable bonds is 3. The van der Waals surface area contributed by atoms with Crippen molar-refractivity contribution in [2.75, 3.05) is 17.2 Å². The fraction of sp³-hybridized carbons (Fsp3) is 0.261. The summed E-state index contributed by atoms with van der Waals surface area (Å²) in [5.41, 5.74) is 1.39. The lowest BCUT2D eigenvalue weighted by molar-refractivity contribution is -0.137. The van der Waals surface area contributed by atoms with Gasteiger partial charge in [0.15, 0.2) is 5.82 Å². The van der Waals surface area contributed by atoms with Crippen molar-refractivity contribution < 1.29 is 17.6 Å². The van der Waals surface area contributed by atoms with Crippen LogP contribution in [0.1, 0.15) is 41.6 Å². The van der Waals surface area contributed by atoms with Crippen molar-refractivity contribution in [2.24, 2.45) is 4.99 Å². The van der Waals surface area contributed by atoms with Crippen LogP contribution in [0.15, 0.2) is 47.5 Å². The standard InChI is InChI=1S/C23H19F4N5/c1-2-18-13-8-7-12(24)11-16(13)22(29-18)32-21-15-9-10-28-19(15)30-20(31-21)14-5-3-4-6-17(14)23(25,26)27/h3-8,11,18H,2,9-10H2,1H3,(H2,28,29,30,31,32). The molecule has 1 unspecified atom stereocenters. The second-order valence-corrected chi connectivity index (χ2v) is 7.70. The first-order chi connectivity index (χ1) is 15.3. The van der Waals surface area contributed by atoms with E-state index in [1.165, 1.54) is 30.3 Å². The van der Waals surface area contributed by atoms with Crippen molar-refractivity contribution in [3.05, 3.63) is 70.5 Å². The van der Waals surface area contributed by atoms with Gasteiger partial charge in [-0.3, -0.25) is 4.99 Å². The van der Waals surface area contributed by atoms with Gasteiger partial charge in [-0.15, -0.1) is 0 Å². The fourth-order valence-corrected chi connectivity index (χ4v) is 4.16. The molecule has 1 aromatic heterocycles. The third kappa shape index (κ3) is 3.47. The van der Waals surface area contributed by atoms with Gasteiger partial charge in [-0.1, -0.05) is 31.2 Å². The molecule has 9 heteroatoms. The molecule has 0 amide bonds. The van der Waals surface area contributed by atoms with Gasteiger partial charge in [-0.05, 0) is 36.6 Å². The molecule has 2 aliphatic heterocycles. The molecule has 3 heterocycles. The van der Waals surface area contributed by atoms with Crippen LogP contribution in [0.4, 0.5) is 29.2 Å². The summed E-state index contributed by atoms with van der Waals surface area (Å²) in [4.78, 5) is 13.5. The zero-order valence-corrected chi connectivity index (χ0v) is 17.1. The highest BCUT2D eigenvalue weighted by Gasteiger charge is 2.35. The Morgan fingerprint density at radius 3 is 2.69 bits per heavy atom. The lowest BCUT2D eigenvalue weighted by Crippen LogP contribution is -2.16. The van der Waals surface area contributed by atoms with Crippen molar-refractivity contribution in [2.45, 2.75) is 32.0 Å². The molecule has 2 aromatic carbocycles. The number of nitrogens with zero attached hydrogens (tertiary/aromatic N) is 3. The van der Waals surface area contributed by atoms with Crippen LogP contribution >= 0.6 is 0 Å². The number of fused-ring (bicyclic) bond motifs is 2. The lowest BCUT2D eigenvalue weighted by atomic mass is 10.0. The minimum atomic E-state index is -4.54. The van der Waals surface area contributed by atoms with Gasteiger partial charge in [-0.2, -0.15) is 13.2 Å². The van der Waals surface area contributed by atoms with Crippen molar-refractivity contribution in [1.82, 2.24) is 9.97 Å². The summed E-state index contributed by atoms with van der Waals surface area (Å²) in [5, 5.41) is 6.28. The molecule has 0 saturated heterocycles. The molecule has 0 fully saturated rings. The molecule has 5 rings (SSSR count). The van der Waals surface area contributed by atoms with Gasteiger partial charge in [0.2, 0.25) is 0 Å². The molecule has 0 saturated carbocycles. The number of benzene rings is 2. The van der Waals surface area contributed by atoms with E-state index in [1.807, 2.05) is 6.92 Å². The number of anilines is 2. The summed E-state index contributed by atoms with van der Waals surface area (Å²) < 4.78 is 54.7. The largest absolute Gasteiger partial charge is 0.417 e. The fourth-order valence-electron chi connectivity index (χ4n) is 4.16. The Labute approximate surface area is 181 Å². The summed E-state index contributed by atoms with van der Waals surface area (Å²) in [6.45, 7) is 2.58. The van der Waals surface area contributed by atoms with E-state index in [-0.39, 0.29) is 23.2 Å². The van der Waals surface area contributed by atoms with Gasteiger partial charge in [-0.25, -0.2) is 14.4 Å². The Bertz CT molecular complexity index is 1240. The van der Waals surface area contributed by atoms with Crippen LogP contribution < -0.4 is 10.6 Å². The van der Waals surface area contributed by atoms with E-state index in [0.717, 1.165) is 23.6 Å². The van der Waals surface area contributed by atoms with E-state index in [1.54, 1.807) is 6.07 Å². The minimum absolute atomic E-state index is 0.0429. The van der Waals surface area contributed by atoms with Crippen LogP contribution in [0, 0.1) is 5.82 Å². The molecular formula is C23H19F4N5. The normalized spacial score (nSPS) is 16.9. The van der Waals surface area contributed by atoms with Gasteiger partial charge in [0, 0.05) is 23.2 Å². The summed E-state index contributed by atoms with van der Waals surface area (Å²) in [6, 6.07) is 9.63. The smallest absolute Gasteiger partial charge is 0.369 e. The maximum absolute atomic E-state index is 13.9. The molecule has 2 N–H and O–H groups in total. The first-order valence-electron chi connectivity index (χ1n) is 10.3. The molecular weight excluding hydrogens is 422 g/mol. The van der Waals surface area contributed by atoms with E-state index in [9.17, 15) is 17.6 Å². The van der Waals surface area contributed by atoms with E-state index in [4.69, 9.17) is 0 Å². The predicted octanol–water partition coefficient (Wildman–Crippen LogP) is 5.59. The SMILES string of the molecule is CCC1N=C(Nc2nc(-c3ccccc3C(F)(F)F)nc3c2CCN3)c2cc(F)ccc21. The second-order valence-electron chi connectivity index (χ2n) is 7.70. The molecule has 0 aliphatic carbocycles. The highest BCUT2D eigenvalue weighted by Crippen LogP contribution is 2.39. The summed E-state index contributed by atoms with van der Waals surface area (Å²) in [7, 11) is 0. The van der Waals surface area contributed by atoms with Crippen LogP contribution in [0.25, 0.3) is 11.4 Å². The average molecular weight is 441 g/mol. The number of aliphatic imine (C=N–C) groups is 1. The minimum Gasteiger partial charge on any atom is -0.369 e. The zero-order chi connectivity index (χ0) is 22.5. The van der Waals surface area contributed by atoms with Gasteiger partial charge >= 0.3 is 6.18 Å². The maximum atomic E-state index is 13.9. The number of nitrogens with one attached hydrogen (secondary N) is 2. The third-order valence-corrected chi connectivity index (χ3v) is 5.69. The highest BCUT2D eigenvalue weighted by molar-refractivity contribution is 6.11. The lowest BCUT2D eigenvalue weighted by Gasteiger charge is -2.15. The van der Waals surface area contributed by atoms with Gasteiger partial charge in [0.05, 0.1) is 11.6 Å². The van der Waals surface area contributed by atoms with Crippen molar-refractivity contribution in [3.8, 4) is 11.4 Å². The van der Waals surface area contributed by atoms with E-state index >= 15 is 0 Å². The molecule has 164 valence electrons. The van der Waals surface area contributed by atoms with E-state index in [0.29, 0.717) is 36.0 Å². The molecule has 0 bridgehead atoms. The second kappa shape index (κ2) is 7.58. The predicted molar refractivity (Wildman–Crippen MR) is 114 cm³/mol. The van der Waals surface area contributed by atoms with Crippen LogP contribution in [0.2, 0.25) is 0 Å². The number of halogens is 4. The van der Waals surface area contributed by atoms with Crippen molar-refractivity contribution >= 4 is 17.5 Å². The Morgan fingerprint density at radius 2 is 1.91 bits per heavy atom. The molecule has 0 radical (unpaired) electrons. The monoisotopic (exact) mass is 441 g/mol. The molecule has 0 spiro atoms. The number of alkyl halides is 3. The van der Waals surface area contributed by atoms with Crippen LogP contribution in [-0.2, 0) is 12.6 Å². The first-order valence-corrected chi connectivity index (χ1v) is 10.3. The first kappa shape index (κ1) is 20.4.